The van der Waals surface area contributed by atoms with E-state index in [1.807, 2.05) is 13.8 Å². The molecule has 0 fully saturated rings. The lowest BCUT2D eigenvalue weighted by atomic mass is 9.87. The topological polar surface area (TPSA) is 20.3 Å². The SMILES string of the molecule is CC(=O)C(C)(C)CN(C(C)C)C(C)C. The van der Waals surface area contributed by atoms with E-state index in [9.17, 15) is 4.79 Å². The third kappa shape index (κ3) is 3.79. The Balaban J connectivity index is 4.52. The molecule has 0 amide bonds. The molecule has 0 aliphatic heterocycles. The van der Waals surface area contributed by atoms with Gasteiger partial charge >= 0.3 is 0 Å². The fourth-order valence-corrected chi connectivity index (χ4v) is 1.53. The minimum Gasteiger partial charge on any atom is -0.299 e. The van der Waals surface area contributed by atoms with Gasteiger partial charge in [0.05, 0.1) is 0 Å². The Morgan fingerprint density at radius 2 is 1.50 bits per heavy atom. The highest BCUT2D eigenvalue weighted by Gasteiger charge is 2.28. The van der Waals surface area contributed by atoms with Crippen LogP contribution in [0.1, 0.15) is 48.5 Å². The van der Waals surface area contributed by atoms with Crippen molar-refractivity contribution >= 4 is 5.78 Å². The van der Waals surface area contributed by atoms with Gasteiger partial charge in [-0.3, -0.25) is 9.69 Å². The van der Waals surface area contributed by atoms with Crippen LogP contribution in [0.5, 0.6) is 0 Å². The van der Waals surface area contributed by atoms with Gasteiger partial charge in [0, 0.05) is 24.0 Å². The largest absolute Gasteiger partial charge is 0.299 e. The number of nitrogens with zero attached hydrogens (tertiary/aromatic N) is 1. The third-order valence-corrected chi connectivity index (χ3v) is 2.86. The van der Waals surface area contributed by atoms with Crippen molar-refractivity contribution in [3.63, 3.8) is 0 Å². The summed E-state index contributed by atoms with van der Waals surface area (Å²) in [5.74, 6) is 0.267. The number of carbonyl (C=O) groups is 1. The van der Waals surface area contributed by atoms with Gasteiger partial charge < -0.3 is 0 Å². The molecule has 0 aliphatic carbocycles. The van der Waals surface area contributed by atoms with Crippen molar-refractivity contribution in [1.82, 2.24) is 4.90 Å². The highest BCUT2D eigenvalue weighted by Crippen LogP contribution is 2.21. The van der Waals surface area contributed by atoms with E-state index in [0.717, 1.165) is 6.54 Å². The maximum Gasteiger partial charge on any atom is 0.136 e. The number of Topliss-reactive ketones (excluding diaryl/α,β-unsaturated/α-hetero) is 1. The lowest BCUT2D eigenvalue weighted by Gasteiger charge is -2.36. The minimum atomic E-state index is -0.228. The van der Waals surface area contributed by atoms with E-state index in [0.29, 0.717) is 12.1 Å². The van der Waals surface area contributed by atoms with Gasteiger partial charge in [0.2, 0.25) is 0 Å². The summed E-state index contributed by atoms with van der Waals surface area (Å²) >= 11 is 0. The number of carbonyl (C=O) groups excluding carboxylic acids is 1. The van der Waals surface area contributed by atoms with Gasteiger partial charge in [-0.25, -0.2) is 0 Å². The van der Waals surface area contributed by atoms with Crippen LogP contribution >= 0.6 is 0 Å². The summed E-state index contributed by atoms with van der Waals surface area (Å²) in [5.41, 5.74) is -0.228. The molecule has 0 radical (unpaired) electrons. The predicted molar refractivity (Wildman–Crippen MR) is 61.4 cm³/mol. The average Bonchev–Trinajstić information content (AvgIpc) is 1.98. The van der Waals surface area contributed by atoms with E-state index in [1.54, 1.807) is 6.92 Å². The first-order valence-electron chi connectivity index (χ1n) is 5.45. The summed E-state index contributed by atoms with van der Waals surface area (Å²) in [4.78, 5) is 13.8. The fraction of sp³-hybridized carbons (Fsp3) is 0.917. The zero-order chi connectivity index (χ0) is 11.5. The van der Waals surface area contributed by atoms with Crippen molar-refractivity contribution in [3.05, 3.63) is 0 Å². The van der Waals surface area contributed by atoms with Gasteiger partial charge in [0.1, 0.15) is 5.78 Å². The first-order valence-corrected chi connectivity index (χ1v) is 5.45. The Kier molecular flexibility index (Phi) is 4.79. The van der Waals surface area contributed by atoms with Crippen LogP contribution < -0.4 is 0 Å². The monoisotopic (exact) mass is 199 g/mol. The second-order valence-corrected chi connectivity index (χ2v) is 5.30. The number of hydrogen-bond acceptors (Lipinski definition) is 2. The van der Waals surface area contributed by atoms with Gasteiger partial charge in [0.25, 0.3) is 0 Å². The summed E-state index contributed by atoms with van der Waals surface area (Å²) in [6.45, 7) is 15.3. The Bertz CT molecular complexity index is 186. The van der Waals surface area contributed by atoms with Crippen LogP contribution in [-0.4, -0.2) is 29.3 Å². The van der Waals surface area contributed by atoms with Gasteiger partial charge in [-0.2, -0.15) is 0 Å². The zero-order valence-corrected chi connectivity index (χ0v) is 10.7. The Hall–Kier alpha value is -0.370. The molecule has 2 nitrogen and oxygen atoms in total. The third-order valence-electron chi connectivity index (χ3n) is 2.86. The molecule has 0 aromatic heterocycles. The Labute approximate surface area is 88.7 Å². The number of rotatable bonds is 5. The van der Waals surface area contributed by atoms with Crippen molar-refractivity contribution in [2.75, 3.05) is 6.54 Å². The molecule has 0 rings (SSSR count). The van der Waals surface area contributed by atoms with E-state index < -0.39 is 0 Å². The highest BCUT2D eigenvalue weighted by molar-refractivity contribution is 5.81. The molecule has 84 valence electrons. The van der Waals surface area contributed by atoms with E-state index in [1.165, 1.54) is 0 Å². The molecule has 14 heavy (non-hydrogen) atoms. The Morgan fingerprint density at radius 3 is 1.71 bits per heavy atom. The molecule has 0 aromatic rings. The molecule has 2 heteroatoms. The maximum absolute atomic E-state index is 11.4. The quantitative estimate of drug-likeness (QED) is 0.678. The normalized spacial score (nSPS) is 13.0. The zero-order valence-electron chi connectivity index (χ0n) is 10.7. The summed E-state index contributed by atoms with van der Waals surface area (Å²) in [6, 6.07) is 0.988. The van der Waals surface area contributed by atoms with Crippen molar-refractivity contribution < 1.29 is 4.79 Å². The van der Waals surface area contributed by atoms with Gasteiger partial charge in [-0.05, 0) is 34.6 Å². The smallest absolute Gasteiger partial charge is 0.136 e. The summed E-state index contributed by atoms with van der Waals surface area (Å²) < 4.78 is 0. The van der Waals surface area contributed by atoms with E-state index in [2.05, 4.69) is 32.6 Å². The fourth-order valence-electron chi connectivity index (χ4n) is 1.53. The van der Waals surface area contributed by atoms with Crippen molar-refractivity contribution in [2.45, 2.75) is 60.5 Å². The van der Waals surface area contributed by atoms with Crippen LogP contribution in [0.25, 0.3) is 0 Å². The van der Waals surface area contributed by atoms with Gasteiger partial charge in [-0.15, -0.1) is 0 Å². The maximum atomic E-state index is 11.4. The molecule has 0 aromatic carbocycles. The van der Waals surface area contributed by atoms with E-state index in [-0.39, 0.29) is 11.2 Å². The van der Waals surface area contributed by atoms with Crippen LogP contribution in [0.4, 0.5) is 0 Å². The number of ketones is 1. The first kappa shape index (κ1) is 13.6. The molecule has 0 atom stereocenters. The van der Waals surface area contributed by atoms with E-state index in [4.69, 9.17) is 0 Å². The molecule has 0 unspecified atom stereocenters. The lowest BCUT2D eigenvalue weighted by Crippen LogP contribution is -2.45. The molecule has 0 heterocycles. The molecule has 0 saturated heterocycles. The first-order chi connectivity index (χ1) is 6.18. The van der Waals surface area contributed by atoms with Crippen LogP contribution in [0.15, 0.2) is 0 Å². The van der Waals surface area contributed by atoms with E-state index >= 15 is 0 Å². The van der Waals surface area contributed by atoms with Crippen LogP contribution in [0.3, 0.4) is 0 Å². The number of hydrogen-bond donors (Lipinski definition) is 0. The van der Waals surface area contributed by atoms with Crippen LogP contribution in [0, 0.1) is 5.41 Å². The molecule has 0 N–H and O–H groups in total. The lowest BCUT2D eigenvalue weighted by molar-refractivity contribution is -0.126. The molecule has 0 bridgehead atoms. The van der Waals surface area contributed by atoms with Crippen LogP contribution in [0.2, 0.25) is 0 Å². The molecular weight excluding hydrogens is 174 g/mol. The van der Waals surface area contributed by atoms with Crippen molar-refractivity contribution in [2.24, 2.45) is 5.41 Å². The second-order valence-electron chi connectivity index (χ2n) is 5.30. The highest BCUT2D eigenvalue weighted by atomic mass is 16.1. The molecule has 0 spiro atoms. The Morgan fingerprint density at radius 1 is 1.14 bits per heavy atom. The minimum absolute atomic E-state index is 0.228. The summed E-state index contributed by atoms with van der Waals surface area (Å²) in [5, 5.41) is 0. The van der Waals surface area contributed by atoms with Crippen LogP contribution in [-0.2, 0) is 4.79 Å². The molecule has 0 saturated carbocycles. The summed E-state index contributed by atoms with van der Waals surface area (Å²) in [7, 11) is 0. The van der Waals surface area contributed by atoms with Gasteiger partial charge in [-0.1, -0.05) is 13.8 Å². The van der Waals surface area contributed by atoms with Crippen molar-refractivity contribution in [1.29, 1.82) is 0 Å². The standard InChI is InChI=1S/C12H25NO/c1-9(2)13(10(3)4)8-12(6,7)11(5)14/h9-10H,8H2,1-7H3. The van der Waals surface area contributed by atoms with Crippen molar-refractivity contribution in [3.8, 4) is 0 Å². The average molecular weight is 199 g/mol. The summed E-state index contributed by atoms with van der Waals surface area (Å²) in [6.07, 6.45) is 0. The molecule has 0 aliphatic rings. The molecular formula is C12H25NO. The van der Waals surface area contributed by atoms with Gasteiger partial charge in [0.15, 0.2) is 0 Å². The second kappa shape index (κ2) is 4.92. The predicted octanol–water partition coefficient (Wildman–Crippen LogP) is 2.72.